The fourth-order valence-electron chi connectivity index (χ4n) is 3.56. The van der Waals surface area contributed by atoms with Crippen molar-refractivity contribution in [3.05, 3.63) is 53.6 Å². The molecule has 0 aliphatic heterocycles. The minimum absolute atomic E-state index is 0.0289. The molecule has 35 heavy (non-hydrogen) atoms. The van der Waals surface area contributed by atoms with Gasteiger partial charge in [-0.1, -0.05) is 55.7 Å². The Bertz CT molecular complexity index is 1110. The molecule has 6 nitrogen and oxygen atoms in total. The van der Waals surface area contributed by atoms with Crippen LogP contribution < -0.4 is 4.52 Å². The third-order valence-electron chi connectivity index (χ3n) is 5.47. The lowest BCUT2D eigenvalue weighted by Gasteiger charge is -2.22. The quantitative estimate of drug-likeness (QED) is 0.146. The summed E-state index contributed by atoms with van der Waals surface area (Å²) in [6.45, 7) is 16.0. The van der Waals surface area contributed by atoms with Crippen LogP contribution in [-0.4, -0.2) is 24.5 Å². The summed E-state index contributed by atoms with van der Waals surface area (Å²) in [5.41, 5.74) is 3.97. The largest absolute Gasteiger partial charge is 0.507 e. The van der Waals surface area contributed by atoms with E-state index in [0.717, 1.165) is 53.5 Å². The standard InChI is InChI=1S/C28H39O6P/c1-9-10-11-12-21-16-24(29)26(23-15-20(4)13-14-22(23)19(2)3)25(17-21)34-35(8,31)33-18-32-27(30)28(5,6)7/h13-17,29H,2,9-12,18H2,1,3-8H3. The number of unbranched alkanes of at least 4 members (excludes halogenated alkanes) is 2. The molecule has 0 aromatic heterocycles. The fourth-order valence-corrected chi connectivity index (χ4v) is 4.35. The zero-order valence-corrected chi connectivity index (χ0v) is 23.0. The molecule has 2 aromatic carbocycles. The highest BCUT2D eigenvalue weighted by atomic mass is 31.2. The molecule has 0 bridgehead atoms. The Labute approximate surface area is 209 Å². The molecular formula is C28H39O6P. The van der Waals surface area contributed by atoms with E-state index in [1.54, 1.807) is 32.9 Å². The van der Waals surface area contributed by atoms with Crippen LogP contribution in [0.4, 0.5) is 0 Å². The summed E-state index contributed by atoms with van der Waals surface area (Å²) in [7, 11) is -3.70. The predicted molar refractivity (Wildman–Crippen MR) is 142 cm³/mol. The molecule has 0 amide bonds. The number of esters is 1. The van der Waals surface area contributed by atoms with Gasteiger partial charge in [-0.3, -0.25) is 9.32 Å². The van der Waals surface area contributed by atoms with Crippen LogP contribution in [0.3, 0.4) is 0 Å². The van der Waals surface area contributed by atoms with Gasteiger partial charge in [-0.05, 0) is 76.3 Å². The van der Waals surface area contributed by atoms with Crippen molar-refractivity contribution in [2.45, 2.75) is 67.2 Å². The molecule has 2 rings (SSSR count). The molecule has 0 saturated heterocycles. The van der Waals surface area contributed by atoms with Gasteiger partial charge in [0.1, 0.15) is 11.5 Å². The number of hydrogen-bond acceptors (Lipinski definition) is 6. The molecule has 0 aliphatic rings. The van der Waals surface area contributed by atoms with Crippen LogP contribution in [-0.2, 0) is 25.0 Å². The van der Waals surface area contributed by atoms with Crippen molar-refractivity contribution in [1.82, 2.24) is 0 Å². The summed E-state index contributed by atoms with van der Waals surface area (Å²) < 4.78 is 29.6. The summed E-state index contributed by atoms with van der Waals surface area (Å²) in [5.74, 6) is -0.196. The molecule has 0 aliphatic carbocycles. The van der Waals surface area contributed by atoms with Crippen LogP contribution in [0.5, 0.6) is 11.5 Å². The lowest BCUT2D eigenvalue weighted by atomic mass is 9.91. The van der Waals surface area contributed by atoms with Gasteiger partial charge < -0.3 is 14.4 Å². The maximum atomic E-state index is 13.2. The average Bonchev–Trinajstić information content (AvgIpc) is 2.72. The van der Waals surface area contributed by atoms with E-state index < -0.39 is 25.8 Å². The third-order valence-corrected chi connectivity index (χ3v) is 6.57. The minimum Gasteiger partial charge on any atom is -0.507 e. The zero-order valence-electron chi connectivity index (χ0n) is 22.1. The van der Waals surface area contributed by atoms with Gasteiger partial charge in [0.05, 0.1) is 17.6 Å². The maximum absolute atomic E-state index is 13.2. The van der Waals surface area contributed by atoms with Crippen LogP contribution in [0, 0.1) is 12.3 Å². The number of phenols is 1. The van der Waals surface area contributed by atoms with Crippen molar-refractivity contribution < 1.29 is 28.3 Å². The molecule has 7 heteroatoms. The molecular weight excluding hydrogens is 463 g/mol. The fraction of sp³-hybridized carbons (Fsp3) is 0.464. The number of carbonyl (C=O) groups excluding carboxylic acids is 1. The van der Waals surface area contributed by atoms with Crippen molar-refractivity contribution in [3.63, 3.8) is 0 Å². The molecule has 1 unspecified atom stereocenters. The molecule has 1 N–H and O–H groups in total. The number of carbonyl (C=O) groups is 1. The summed E-state index contributed by atoms with van der Waals surface area (Å²) in [6, 6.07) is 9.39. The molecule has 0 saturated carbocycles. The second-order valence-electron chi connectivity index (χ2n) is 10.1. The zero-order chi connectivity index (χ0) is 26.4. The summed E-state index contributed by atoms with van der Waals surface area (Å²) in [4.78, 5) is 12.0. The van der Waals surface area contributed by atoms with Crippen LogP contribution in [0.15, 0.2) is 36.9 Å². The van der Waals surface area contributed by atoms with Gasteiger partial charge in [-0.15, -0.1) is 0 Å². The lowest BCUT2D eigenvalue weighted by Crippen LogP contribution is -2.23. The molecule has 0 spiro atoms. The third kappa shape index (κ3) is 8.26. The smallest absolute Gasteiger partial charge is 0.379 e. The Morgan fingerprint density at radius 3 is 2.43 bits per heavy atom. The second-order valence-corrected chi connectivity index (χ2v) is 12.0. The maximum Gasteiger partial charge on any atom is 0.379 e. The predicted octanol–water partition coefficient (Wildman–Crippen LogP) is 7.90. The number of hydrogen-bond donors (Lipinski definition) is 1. The first kappa shape index (κ1) is 28.7. The van der Waals surface area contributed by atoms with Crippen LogP contribution in [0.1, 0.15) is 70.6 Å². The molecule has 0 heterocycles. The highest BCUT2D eigenvalue weighted by molar-refractivity contribution is 7.53. The van der Waals surface area contributed by atoms with Gasteiger partial charge in [0, 0.05) is 0 Å². The molecule has 0 radical (unpaired) electrons. The summed E-state index contributed by atoms with van der Waals surface area (Å²) >= 11 is 0. The van der Waals surface area contributed by atoms with Gasteiger partial charge in [0.2, 0.25) is 6.79 Å². The molecule has 192 valence electrons. The Morgan fingerprint density at radius 2 is 1.83 bits per heavy atom. The van der Waals surface area contributed by atoms with Crippen molar-refractivity contribution in [2.75, 3.05) is 13.5 Å². The number of ether oxygens (including phenoxy) is 1. The average molecular weight is 503 g/mol. The van der Waals surface area contributed by atoms with E-state index in [1.165, 1.54) is 6.66 Å². The van der Waals surface area contributed by atoms with Gasteiger partial charge in [0.15, 0.2) is 0 Å². The number of phenolic OH excluding ortho intramolecular Hbond substituents is 1. The van der Waals surface area contributed by atoms with Gasteiger partial charge >= 0.3 is 13.6 Å². The number of allylic oxidation sites excluding steroid dienone is 1. The van der Waals surface area contributed by atoms with Gasteiger partial charge in [-0.25, -0.2) is 4.57 Å². The van der Waals surface area contributed by atoms with E-state index in [-0.39, 0.29) is 11.5 Å². The minimum atomic E-state index is -3.70. The number of aryl methyl sites for hydroxylation is 2. The van der Waals surface area contributed by atoms with E-state index in [1.807, 2.05) is 32.0 Å². The first-order valence-corrected chi connectivity index (χ1v) is 14.0. The Hall–Kier alpha value is -2.56. The summed E-state index contributed by atoms with van der Waals surface area (Å²) in [5, 5.41) is 11.1. The van der Waals surface area contributed by atoms with Crippen molar-refractivity contribution >= 4 is 19.1 Å². The van der Waals surface area contributed by atoms with Crippen LogP contribution in [0.25, 0.3) is 16.7 Å². The van der Waals surface area contributed by atoms with Gasteiger partial charge in [-0.2, -0.15) is 0 Å². The monoisotopic (exact) mass is 502 g/mol. The van der Waals surface area contributed by atoms with Gasteiger partial charge in [0.25, 0.3) is 0 Å². The van der Waals surface area contributed by atoms with Crippen LogP contribution >= 0.6 is 7.60 Å². The first-order valence-electron chi connectivity index (χ1n) is 12.0. The number of aromatic hydroxyl groups is 1. The number of benzene rings is 2. The Balaban J connectivity index is 2.47. The summed E-state index contributed by atoms with van der Waals surface area (Å²) in [6.07, 6.45) is 3.84. The van der Waals surface area contributed by atoms with E-state index in [4.69, 9.17) is 13.8 Å². The van der Waals surface area contributed by atoms with Crippen molar-refractivity contribution in [2.24, 2.45) is 5.41 Å². The molecule has 1 atom stereocenters. The highest BCUT2D eigenvalue weighted by Crippen LogP contribution is 2.51. The lowest BCUT2D eigenvalue weighted by molar-refractivity contribution is -0.159. The highest BCUT2D eigenvalue weighted by Gasteiger charge is 2.27. The van der Waals surface area contributed by atoms with Crippen molar-refractivity contribution in [3.8, 4) is 22.6 Å². The van der Waals surface area contributed by atoms with E-state index in [9.17, 15) is 14.5 Å². The Kier molecular flexibility index (Phi) is 9.76. The van der Waals surface area contributed by atoms with Crippen molar-refractivity contribution in [1.29, 1.82) is 0 Å². The Morgan fingerprint density at radius 1 is 1.14 bits per heavy atom. The topological polar surface area (TPSA) is 82.1 Å². The molecule has 2 aromatic rings. The van der Waals surface area contributed by atoms with Crippen LogP contribution in [0.2, 0.25) is 0 Å². The van der Waals surface area contributed by atoms with E-state index in [0.29, 0.717) is 5.56 Å². The first-order chi connectivity index (χ1) is 16.2. The van der Waals surface area contributed by atoms with E-state index in [2.05, 4.69) is 13.5 Å². The molecule has 0 fully saturated rings. The normalized spacial score (nSPS) is 13.2. The number of rotatable bonds is 11. The SMILES string of the molecule is C=C(C)c1ccc(C)cc1-c1c(O)cc(CCCCC)cc1OP(C)(=O)OCOC(=O)C(C)(C)C. The van der Waals surface area contributed by atoms with E-state index >= 15 is 0 Å². The second kappa shape index (κ2) is 11.9.